The van der Waals surface area contributed by atoms with Crippen LogP contribution in [0.25, 0.3) is 0 Å². The molecule has 1 saturated heterocycles. The molecule has 2 rings (SSSR count). The molecular weight excluding hydrogens is 324 g/mol. The standard InChI is InChI=1S/C17H28N4O4/c1-11(2)4-6-17(16(24)25)10-20(7-5-13(17)22)15(23)9-21-14(18)8-12(3)19-21/h8,11,13,22H,4-7,9-10,18H2,1-3H3,(H,24,25)/t13-,17-/m1/s1. The molecule has 25 heavy (non-hydrogen) atoms. The van der Waals surface area contributed by atoms with Crippen molar-refractivity contribution in [3.8, 4) is 0 Å². The maximum Gasteiger partial charge on any atom is 0.314 e. The minimum absolute atomic E-state index is 0.00914. The van der Waals surface area contributed by atoms with Gasteiger partial charge in [-0.2, -0.15) is 5.10 Å². The second-order valence-electron chi connectivity index (χ2n) is 7.38. The quantitative estimate of drug-likeness (QED) is 0.698. The third kappa shape index (κ3) is 4.12. The number of carbonyl (C=O) groups excluding carboxylic acids is 1. The van der Waals surface area contributed by atoms with Gasteiger partial charge in [0.1, 0.15) is 17.8 Å². The largest absolute Gasteiger partial charge is 0.481 e. The van der Waals surface area contributed by atoms with Crippen LogP contribution in [0.3, 0.4) is 0 Å². The second-order valence-corrected chi connectivity index (χ2v) is 7.38. The Balaban J connectivity index is 2.15. The van der Waals surface area contributed by atoms with Crippen LogP contribution in [-0.4, -0.2) is 56.0 Å². The molecule has 0 aromatic carbocycles. The van der Waals surface area contributed by atoms with Crippen LogP contribution in [0.15, 0.2) is 6.07 Å². The number of aliphatic hydroxyl groups is 1. The predicted molar refractivity (Wildman–Crippen MR) is 92.7 cm³/mol. The highest BCUT2D eigenvalue weighted by molar-refractivity contribution is 5.80. The van der Waals surface area contributed by atoms with Crippen LogP contribution in [0.5, 0.6) is 0 Å². The lowest BCUT2D eigenvalue weighted by atomic mass is 9.72. The van der Waals surface area contributed by atoms with Gasteiger partial charge in [0.15, 0.2) is 0 Å². The van der Waals surface area contributed by atoms with Gasteiger partial charge in [-0.15, -0.1) is 0 Å². The minimum Gasteiger partial charge on any atom is -0.481 e. The number of nitrogen functional groups attached to an aromatic ring is 1. The van der Waals surface area contributed by atoms with E-state index in [1.54, 1.807) is 13.0 Å². The number of piperidine rings is 1. The molecule has 8 heteroatoms. The highest BCUT2D eigenvalue weighted by Gasteiger charge is 2.49. The molecule has 2 heterocycles. The summed E-state index contributed by atoms with van der Waals surface area (Å²) in [4.78, 5) is 26.1. The molecule has 1 aromatic rings. The molecule has 0 bridgehead atoms. The predicted octanol–water partition coefficient (Wildman–Crippen LogP) is 0.874. The molecule has 0 radical (unpaired) electrons. The van der Waals surface area contributed by atoms with Crippen LogP contribution >= 0.6 is 0 Å². The van der Waals surface area contributed by atoms with Crippen molar-refractivity contribution in [2.24, 2.45) is 11.3 Å². The molecule has 0 saturated carbocycles. The average molecular weight is 352 g/mol. The van der Waals surface area contributed by atoms with E-state index in [0.29, 0.717) is 31.1 Å². The van der Waals surface area contributed by atoms with Gasteiger partial charge in [0, 0.05) is 19.2 Å². The summed E-state index contributed by atoms with van der Waals surface area (Å²) in [6.45, 7) is 6.12. The van der Waals surface area contributed by atoms with Gasteiger partial charge in [-0.05, 0) is 32.1 Å². The van der Waals surface area contributed by atoms with Gasteiger partial charge in [-0.3, -0.25) is 9.59 Å². The van der Waals surface area contributed by atoms with Gasteiger partial charge in [-0.25, -0.2) is 4.68 Å². The fourth-order valence-corrected chi connectivity index (χ4v) is 3.32. The summed E-state index contributed by atoms with van der Waals surface area (Å²) in [6.07, 6.45) is 0.318. The zero-order valence-electron chi connectivity index (χ0n) is 15.1. The fourth-order valence-electron chi connectivity index (χ4n) is 3.32. The van der Waals surface area contributed by atoms with E-state index in [1.165, 1.54) is 9.58 Å². The van der Waals surface area contributed by atoms with Crippen LogP contribution in [-0.2, 0) is 16.1 Å². The summed E-state index contributed by atoms with van der Waals surface area (Å²) in [5.74, 6) is -0.571. The lowest BCUT2D eigenvalue weighted by molar-refractivity contribution is -0.167. The monoisotopic (exact) mass is 352 g/mol. The summed E-state index contributed by atoms with van der Waals surface area (Å²) in [7, 11) is 0. The number of nitrogens with zero attached hydrogens (tertiary/aromatic N) is 3. The van der Waals surface area contributed by atoms with Crippen LogP contribution < -0.4 is 5.73 Å². The number of aryl methyl sites for hydroxylation is 1. The molecule has 2 atom stereocenters. The van der Waals surface area contributed by atoms with E-state index in [4.69, 9.17) is 5.73 Å². The van der Waals surface area contributed by atoms with Crippen LogP contribution in [0.1, 0.15) is 38.8 Å². The third-order valence-electron chi connectivity index (χ3n) is 4.95. The number of amides is 1. The number of carbonyl (C=O) groups is 2. The van der Waals surface area contributed by atoms with Crippen molar-refractivity contribution >= 4 is 17.7 Å². The van der Waals surface area contributed by atoms with Gasteiger partial charge < -0.3 is 20.8 Å². The molecule has 1 aliphatic rings. The van der Waals surface area contributed by atoms with E-state index in [-0.39, 0.29) is 25.4 Å². The van der Waals surface area contributed by atoms with Crippen LogP contribution in [0.2, 0.25) is 0 Å². The zero-order valence-corrected chi connectivity index (χ0v) is 15.1. The zero-order chi connectivity index (χ0) is 18.8. The molecule has 0 spiro atoms. The van der Waals surface area contributed by atoms with E-state index in [1.807, 2.05) is 13.8 Å². The van der Waals surface area contributed by atoms with Crippen molar-refractivity contribution in [2.75, 3.05) is 18.8 Å². The number of aromatic nitrogens is 2. The molecule has 0 unspecified atom stereocenters. The third-order valence-corrected chi connectivity index (χ3v) is 4.95. The maximum absolute atomic E-state index is 12.6. The van der Waals surface area contributed by atoms with Crippen molar-refractivity contribution in [3.63, 3.8) is 0 Å². The van der Waals surface area contributed by atoms with Crippen molar-refractivity contribution in [2.45, 2.75) is 52.7 Å². The lowest BCUT2D eigenvalue weighted by Gasteiger charge is -2.43. The maximum atomic E-state index is 12.6. The normalized spacial score (nSPS) is 23.9. The van der Waals surface area contributed by atoms with E-state index < -0.39 is 17.5 Å². The number of nitrogens with two attached hydrogens (primary N) is 1. The number of aliphatic hydroxyl groups excluding tert-OH is 1. The fraction of sp³-hybridized carbons (Fsp3) is 0.706. The molecule has 140 valence electrons. The summed E-state index contributed by atoms with van der Waals surface area (Å²) in [6, 6.07) is 1.68. The molecule has 0 aliphatic carbocycles. The SMILES string of the molecule is Cc1cc(N)n(CC(=O)N2CC[C@@H](O)[C@](CCC(C)C)(C(=O)O)C2)n1. The first kappa shape index (κ1) is 19.2. The number of likely N-dealkylation sites (tertiary alicyclic amines) is 1. The lowest BCUT2D eigenvalue weighted by Crippen LogP contribution is -2.57. The van der Waals surface area contributed by atoms with E-state index in [9.17, 15) is 19.8 Å². The smallest absolute Gasteiger partial charge is 0.314 e. The summed E-state index contributed by atoms with van der Waals surface area (Å²) >= 11 is 0. The average Bonchev–Trinajstić information content (AvgIpc) is 2.83. The van der Waals surface area contributed by atoms with Gasteiger partial charge in [0.2, 0.25) is 5.91 Å². The first-order chi connectivity index (χ1) is 11.7. The minimum atomic E-state index is -1.32. The Morgan fingerprint density at radius 2 is 2.16 bits per heavy atom. The van der Waals surface area contributed by atoms with Crippen molar-refractivity contribution in [3.05, 3.63) is 11.8 Å². The molecular formula is C17H28N4O4. The number of rotatable bonds is 6. The number of hydrogen-bond donors (Lipinski definition) is 3. The highest BCUT2D eigenvalue weighted by Crippen LogP contribution is 2.36. The molecule has 1 fully saturated rings. The van der Waals surface area contributed by atoms with Crippen molar-refractivity contribution in [1.29, 1.82) is 0 Å². The van der Waals surface area contributed by atoms with Gasteiger partial charge in [-0.1, -0.05) is 13.8 Å². The first-order valence-electron chi connectivity index (χ1n) is 8.65. The Morgan fingerprint density at radius 1 is 1.48 bits per heavy atom. The van der Waals surface area contributed by atoms with Gasteiger partial charge in [0.25, 0.3) is 0 Å². The number of anilines is 1. The Hall–Kier alpha value is -2.09. The Labute approximate surface area is 147 Å². The first-order valence-corrected chi connectivity index (χ1v) is 8.65. The number of aliphatic carboxylic acids is 1. The van der Waals surface area contributed by atoms with E-state index in [2.05, 4.69) is 5.10 Å². The Kier molecular flexibility index (Phi) is 5.72. The summed E-state index contributed by atoms with van der Waals surface area (Å²) in [5.41, 5.74) is 5.22. The van der Waals surface area contributed by atoms with Gasteiger partial charge in [0.05, 0.1) is 11.8 Å². The molecule has 1 aromatic heterocycles. The topological polar surface area (TPSA) is 122 Å². The molecule has 1 amide bonds. The van der Waals surface area contributed by atoms with Crippen molar-refractivity contribution < 1.29 is 19.8 Å². The Bertz CT molecular complexity index is 643. The Morgan fingerprint density at radius 3 is 2.68 bits per heavy atom. The molecule has 8 nitrogen and oxygen atoms in total. The highest BCUT2D eigenvalue weighted by atomic mass is 16.4. The molecule has 4 N–H and O–H groups in total. The summed E-state index contributed by atoms with van der Waals surface area (Å²) in [5, 5.41) is 24.3. The van der Waals surface area contributed by atoms with E-state index >= 15 is 0 Å². The van der Waals surface area contributed by atoms with Crippen molar-refractivity contribution in [1.82, 2.24) is 14.7 Å². The van der Waals surface area contributed by atoms with Gasteiger partial charge >= 0.3 is 5.97 Å². The van der Waals surface area contributed by atoms with E-state index in [0.717, 1.165) is 5.69 Å². The second kappa shape index (κ2) is 7.43. The molecule has 1 aliphatic heterocycles. The number of hydrogen-bond acceptors (Lipinski definition) is 5. The number of carboxylic acid groups (broad SMARTS) is 1. The van der Waals surface area contributed by atoms with Crippen LogP contribution in [0.4, 0.5) is 5.82 Å². The van der Waals surface area contributed by atoms with Crippen LogP contribution in [0, 0.1) is 18.3 Å². The summed E-state index contributed by atoms with van der Waals surface area (Å²) < 4.78 is 1.42. The number of carboxylic acids is 1.